The molecular weight excluding hydrogens is 295 g/mol. The lowest BCUT2D eigenvalue weighted by atomic mass is 10.1. The van der Waals surface area contributed by atoms with Crippen molar-refractivity contribution in [2.45, 2.75) is 13.5 Å². The highest BCUT2D eigenvalue weighted by molar-refractivity contribution is 6.30. The topological polar surface area (TPSA) is 35.5 Å². The maximum Gasteiger partial charge on any atom is 0.340 e. The van der Waals surface area contributed by atoms with Gasteiger partial charge in [-0.15, -0.1) is 0 Å². The number of methoxy groups -OCH3 is 1. The molecule has 0 atom stereocenters. The van der Waals surface area contributed by atoms with Crippen LogP contribution in [0.1, 0.15) is 21.5 Å². The van der Waals surface area contributed by atoms with Crippen LogP contribution in [0.3, 0.4) is 0 Å². The van der Waals surface area contributed by atoms with Crippen molar-refractivity contribution >= 4 is 17.6 Å². The Hall–Kier alpha value is -2.07. The molecule has 2 rings (SSSR count). The van der Waals surface area contributed by atoms with Crippen LogP contribution in [0.25, 0.3) is 0 Å². The predicted octanol–water partition coefficient (Wildman–Crippen LogP) is 4.15. The zero-order chi connectivity index (χ0) is 15.4. The Balaban J connectivity index is 2.10. The molecule has 0 aromatic heterocycles. The lowest BCUT2D eigenvalue weighted by molar-refractivity contribution is 0.0595. The molecule has 0 bridgehead atoms. The van der Waals surface area contributed by atoms with Crippen LogP contribution < -0.4 is 4.74 Å². The van der Waals surface area contributed by atoms with E-state index in [2.05, 4.69) is 4.74 Å². The van der Waals surface area contributed by atoms with Crippen molar-refractivity contribution in [2.24, 2.45) is 0 Å². The van der Waals surface area contributed by atoms with Crippen LogP contribution >= 0.6 is 11.6 Å². The van der Waals surface area contributed by atoms with Gasteiger partial charge >= 0.3 is 5.97 Å². The van der Waals surface area contributed by atoms with Crippen LogP contribution in [0.2, 0.25) is 5.02 Å². The molecule has 0 aliphatic carbocycles. The maximum atomic E-state index is 13.8. The van der Waals surface area contributed by atoms with E-state index >= 15 is 0 Å². The van der Waals surface area contributed by atoms with Gasteiger partial charge in [-0.05, 0) is 48.4 Å². The normalized spacial score (nSPS) is 10.3. The Morgan fingerprint density at radius 2 is 2.00 bits per heavy atom. The Morgan fingerprint density at radius 3 is 2.62 bits per heavy atom. The second-order valence-electron chi connectivity index (χ2n) is 4.50. The molecule has 0 unspecified atom stereocenters. The molecule has 2 aromatic carbocycles. The minimum atomic E-state index is -0.700. The Kier molecular flexibility index (Phi) is 4.81. The quantitative estimate of drug-likeness (QED) is 0.796. The summed E-state index contributed by atoms with van der Waals surface area (Å²) in [7, 11) is 1.21. The maximum absolute atomic E-state index is 13.8. The monoisotopic (exact) mass is 308 g/mol. The second-order valence-corrected chi connectivity index (χ2v) is 4.94. The summed E-state index contributed by atoms with van der Waals surface area (Å²) in [5.74, 6) is -0.652. The highest BCUT2D eigenvalue weighted by Gasteiger charge is 2.12. The van der Waals surface area contributed by atoms with Gasteiger partial charge in [-0.2, -0.15) is 0 Å². The molecular formula is C16H14ClFO3. The van der Waals surface area contributed by atoms with E-state index in [1.165, 1.54) is 19.2 Å². The number of rotatable bonds is 4. The number of hydrogen-bond donors (Lipinski definition) is 0. The van der Waals surface area contributed by atoms with Gasteiger partial charge in [0.25, 0.3) is 0 Å². The molecule has 5 heteroatoms. The summed E-state index contributed by atoms with van der Waals surface area (Å²) < 4.78 is 23.9. The summed E-state index contributed by atoms with van der Waals surface area (Å²) >= 11 is 5.87. The lowest BCUT2D eigenvalue weighted by Crippen LogP contribution is -2.05. The molecule has 2 aromatic rings. The Bertz CT molecular complexity index is 671. The Morgan fingerprint density at radius 1 is 1.24 bits per heavy atom. The van der Waals surface area contributed by atoms with Gasteiger partial charge in [0.15, 0.2) is 0 Å². The highest BCUT2D eigenvalue weighted by atomic mass is 35.5. The third kappa shape index (κ3) is 3.73. The number of carbonyl (C=O) groups is 1. The second kappa shape index (κ2) is 6.59. The number of carbonyl (C=O) groups excluding carboxylic acids is 1. The van der Waals surface area contributed by atoms with Gasteiger partial charge in [0.05, 0.1) is 12.7 Å². The van der Waals surface area contributed by atoms with E-state index in [4.69, 9.17) is 16.3 Å². The first-order valence-corrected chi connectivity index (χ1v) is 6.64. The average Bonchev–Trinajstić information content (AvgIpc) is 2.45. The third-order valence-electron chi connectivity index (χ3n) is 2.97. The zero-order valence-electron chi connectivity index (χ0n) is 11.7. The van der Waals surface area contributed by atoms with Crippen LogP contribution in [0, 0.1) is 12.7 Å². The van der Waals surface area contributed by atoms with Crippen LogP contribution in [-0.2, 0) is 11.3 Å². The first-order valence-electron chi connectivity index (χ1n) is 6.27. The van der Waals surface area contributed by atoms with Gasteiger partial charge in [0, 0.05) is 5.02 Å². The van der Waals surface area contributed by atoms with E-state index in [1.54, 1.807) is 24.3 Å². The van der Waals surface area contributed by atoms with Gasteiger partial charge in [-0.3, -0.25) is 0 Å². The summed E-state index contributed by atoms with van der Waals surface area (Å²) in [4.78, 5) is 11.3. The number of ether oxygens (including phenoxy) is 2. The van der Waals surface area contributed by atoms with Crippen molar-refractivity contribution in [3.05, 3.63) is 63.9 Å². The number of aryl methyl sites for hydroxylation is 1. The number of benzene rings is 2. The molecule has 21 heavy (non-hydrogen) atoms. The number of esters is 1. The van der Waals surface area contributed by atoms with Crippen LogP contribution in [0.5, 0.6) is 5.75 Å². The van der Waals surface area contributed by atoms with Crippen LogP contribution in [0.15, 0.2) is 36.4 Å². The summed E-state index contributed by atoms with van der Waals surface area (Å²) in [6, 6.07) is 9.55. The molecule has 0 amide bonds. The van der Waals surface area contributed by atoms with Crippen LogP contribution in [0.4, 0.5) is 4.39 Å². The first-order chi connectivity index (χ1) is 10.0. The van der Waals surface area contributed by atoms with E-state index in [-0.39, 0.29) is 12.2 Å². The average molecular weight is 309 g/mol. The van der Waals surface area contributed by atoms with Crippen molar-refractivity contribution in [2.75, 3.05) is 7.11 Å². The molecule has 0 saturated heterocycles. The van der Waals surface area contributed by atoms with Gasteiger partial charge in [-0.25, -0.2) is 9.18 Å². The van der Waals surface area contributed by atoms with E-state index in [9.17, 15) is 9.18 Å². The van der Waals surface area contributed by atoms with Crippen molar-refractivity contribution in [3.8, 4) is 5.75 Å². The fourth-order valence-corrected chi connectivity index (χ4v) is 2.09. The summed E-state index contributed by atoms with van der Waals surface area (Å²) in [6.07, 6.45) is 0. The van der Waals surface area contributed by atoms with Crippen LogP contribution in [-0.4, -0.2) is 13.1 Å². The van der Waals surface area contributed by atoms with Gasteiger partial charge in [0.1, 0.15) is 18.2 Å². The minimum absolute atomic E-state index is 0.0936. The standard InChI is InChI=1S/C16H14ClFO3/c1-10-7-12(17)4-6-15(10)21-9-11-3-5-13(14(18)8-11)16(19)20-2/h3-8H,9H2,1-2H3. The van der Waals surface area contributed by atoms with E-state index < -0.39 is 11.8 Å². The first kappa shape index (κ1) is 15.3. The largest absolute Gasteiger partial charge is 0.489 e. The summed E-state index contributed by atoms with van der Waals surface area (Å²) in [6.45, 7) is 2.07. The fraction of sp³-hybridized carbons (Fsp3) is 0.188. The third-order valence-corrected chi connectivity index (χ3v) is 3.21. The molecule has 3 nitrogen and oxygen atoms in total. The number of hydrogen-bond acceptors (Lipinski definition) is 3. The molecule has 0 heterocycles. The van der Waals surface area contributed by atoms with E-state index in [0.717, 1.165) is 5.56 Å². The van der Waals surface area contributed by atoms with Crippen molar-refractivity contribution in [1.82, 2.24) is 0 Å². The SMILES string of the molecule is COC(=O)c1ccc(COc2ccc(Cl)cc2C)cc1F. The predicted molar refractivity (Wildman–Crippen MR) is 78.3 cm³/mol. The van der Waals surface area contributed by atoms with Gasteiger partial charge < -0.3 is 9.47 Å². The number of halogens is 2. The molecule has 0 spiro atoms. The fourth-order valence-electron chi connectivity index (χ4n) is 1.86. The molecule has 0 radical (unpaired) electrons. The minimum Gasteiger partial charge on any atom is -0.489 e. The van der Waals surface area contributed by atoms with E-state index in [1.807, 2.05) is 6.92 Å². The lowest BCUT2D eigenvalue weighted by Gasteiger charge is -2.10. The van der Waals surface area contributed by atoms with Crippen molar-refractivity contribution in [1.29, 1.82) is 0 Å². The van der Waals surface area contributed by atoms with Gasteiger partial charge in [-0.1, -0.05) is 17.7 Å². The smallest absolute Gasteiger partial charge is 0.340 e. The van der Waals surface area contributed by atoms with Gasteiger partial charge in [0.2, 0.25) is 0 Å². The molecule has 0 fully saturated rings. The summed E-state index contributed by atoms with van der Waals surface area (Å²) in [5, 5.41) is 0.633. The van der Waals surface area contributed by atoms with Crippen molar-refractivity contribution < 1.29 is 18.7 Å². The molecule has 0 N–H and O–H groups in total. The summed E-state index contributed by atoms with van der Waals surface area (Å²) in [5.41, 5.74) is 1.42. The van der Waals surface area contributed by atoms with Crippen molar-refractivity contribution in [3.63, 3.8) is 0 Å². The highest BCUT2D eigenvalue weighted by Crippen LogP contribution is 2.23. The molecule has 0 aliphatic rings. The Labute approximate surface area is 127 Å². The van der Waals surface area contributed by atoms with E-state index in [0.29, 0.717) is 16.3 Å². The molecule has 110 valence electrons. The molecule has 0 aliphatic heterocycles. The molecule has 0 saturated carbocycles. The zero-order valence-corrected chi connectivity index (χ0v) is 12.4.